The van der Waals surface area contributed by atoms with Crippen molar-refractivity contribution >= 4 is 38.3 Å². The van der Waals surface area contributed by atoms with Gasteiger partial charge < -0.3 is 10.1 Å². The van der Waals surface area contributed by atoms with Crippen LogP contribution in [0.25, 0.3) is 0 Å². The fourth-order valence-corrected chi connectivity index (χ4v) is 2.75. The van der Waals surface area contributed by atoms with E-state index in [1.54, 1.807) is 7.11 Å². The summed E-state index contributed by atoms with van der Waals surface area (Å²) in [5, 5.41) is 5.30. The van der Waals surface area contributed by atoms with Crippen molar-refractivity contribution in [1.82, 2.24) is 4.98 Å². The highest BCUT2D eigenvalue weighted by atomic mass is 79.9. The van der Waals surface area contributed by atoms with Gasteiger partial charge in [0.2, 0.25) is 5.91 Å². The minimum atomic E-state index is -0.106. The van der Waals surface area contributed by atoms with Gasteiger partial charge in [0.15, 0.2) is 5.13 Å². The zero-order valence-corrected chi connectivity index (χ0v) is 13.0. The van der Waals surface area contributed by atoms with Crippen LogP contribution in [0.5, 0.6) is 5.75 Å². The average molecular weight is 341 g/mol. The average Bonchev–Trinajstić information content (AvgIpc) is 2.75. The number of nitrogens with one attached hydrogen (secondary N) is 1. The predicted molar refractivity (Wildman–Crippen MR) is 79.9 cm³/mol. The first-order chi connectivity index (χ1) is 9.08. The van der Waals surface area contributed by atoms with Gasteiger partial charge in [0.1, 0.15) is 5.75 Å². The van der Waals surface area contributed by atoms with Gasteiger partial charge >= 0.3 is 0 Å². The number of carbonyl (C=O) groups is 1. The molecule has 0 aliphatic carbocycles. The highest BCUT2D eigenvalue weighted by molar-refractivity contribution is 9.10. The summed E-state index contributed by atoms with van der Waals surface area (Å²) in [7, 11) is 1.59. The van der Waals surface area contributed by atoms with Gasteiger partial charge in [0, 0.05) is 15.4 Å². The van der Waals surface area contributed by atoms with Crippen molar-refractivity contribution < 1.29 is 9.53 Å². The minimum absolute atomic E-state index is 0.106. The van der Waals surface area contributed by atoms with Gasteiger partial charge in [-0.3, -0.25) is 4.79 Å². The van der Waals surface area contributed by atoms with Crippen LogP contribution in [0, 0.1) is 6.92 Å². The lowest BCUT2D eigenvalue weighted by Crippen LogP contribution is -2.14. The first-order valence-corrected chi connectivity index (χ1v) is 7.30. The van der Waals surface area contributed by atoms with E-state index in [0.717, 1.165) is 15.7 Å². The van der Waals surface area contributed by atoms with E-state index in [2.05, 4.69) is 26.2 Å². The highest BCUT2D eigenvalue weighted by Gasteiger charge is 2.11. The zero-order chi connectivity index (χ0) is 13.8. The van der Waals surface area contributed by atoms with Crippen molar-refractivity contribution in [2.24, 2.45) is 0 Å². The number of carbonyl (C=O) groups excluding carboxylic acids is 1. The van der Waals surface area contributed by atoms with Gasteiger partial charge in [-0.05, 0) is 25.1 Å². The predicted octanol–water partition coefficient (Wildman–Crippen LogP) is 3.40. The fraction of sp³-hybridized carbons (Fsp3) is 0.231. The number of rotatable bonds is 4. The molecule has 1 heterocycles. The molecule has 2 aromatic rings. The van der Waals surface area contributed by atoms with Crippen molar-refractivity contribution in [2.75, 3.05) is 12.4 Å². The smallest absolute Gasteiger partial charge is 0.230 e. The third kappa shape index (κ3) is 3.78. The van der Waals surface area contributed by atoms with E-state index >= 15 is 0 Å². The number of methoxy groups -OCH3 is 1. The number of hydrogen-bond donors (Lipinski definition) is 1. The Morgan fingerprint density at radius 2 is 2.32 bits per heavy atom. The third-order valence-corrected chi connectivity index (χ3v) is 3.83. The molecule has 1 amide bonds. The summed E-state index contributed by atoms with van der Waals surface area (Å²) < 4.78 is 6.16. The number of anilines is 1. The van der Waals surface area contributed by atoms with Crippen LogP contribution in [-0.4, -0.2) is 18.0 Å². The van der Waals surface area contributed by atoms with Crippen molar-refractivity contribution in [3.63, 3.8) is 0 Å². The zero-order valence-electron chi connectivity index (χ0n) is 10.6. The Kier molecular flexibility index (Phi) is 4.55. The second kappa shape index (κ2) is 6.16. The molecular weight excluding hydrogens is 328 g/mol. The summed E-state index contributed by atoms with van der Waals surface area (Å²) in [6.07, 6.45) is 0.251. The summed E-state index contributed by atoms with van der Waals surface area (Å²) in [5.74, 6) is 0.597. The quantitative estimate of drug-likeness (QED) is 0.927. The maximum absolute atomic E-state index is 12.0. The molecule has 1 aromatic heterocycles. The molecule has 100 valence electrons. The number of halogens is 1. The van der Waals surface area contributed by atoms with Gasteiger partial charge in [0.25, 0.3) is 0 Å². The van der Waals surface area contributed by atoms with Crippen molar-refractivity contribution in [1.29, 1.82) is 0 Å². The van der Waals surface area contributed by atoms with E-state index in [1.807, 2.05) is 30.5 Å². The van der Waals surface area contributed by atoms with Gasteiger partial charge in [-0.15, -0.1) is 11.3 Å². The summed E-state index contributed by atoms with van der Waals surface area (Å²) >= 11 is 4.81. The Morgan fingerprint density at radius 1 is 1.53 bits per heavy atom. The first-order valence-electron chi connectivity index (χ1n) is 5.63. The molecule has 1 N–H and O–H groups in total. The minimum Gasteiger partial charge on any atom is -0.496 e. The van der Waals surface area contributed by atoms with Crippen LogP contribution in [0.15, 0.2) is 28.1 Å². The Balaban J connectivity index is 2.08. The molecule has 0 unspecified atom stereocenters. The lowest BCUT2D eigenvalue weighted by Gasteiger charge is -2.08. The van der Waals surface area contributed by atoms with Crippen LogP contribution in [0.1, 0.15) is 11.3 Å². The molecule has 1 aromatic carbocycles. The molecular formula is C13H13BrN2O2S. The number of nitrogens with zero attached hydrogens (tertiary/aromatic N) is 1. The van der Waals surface area contributed by atoms with Crippen LogP contribution in [0.3, 0.4) is 0 Å². The first kappa shape index (κ1) is 14.0. The maximum atomic E-state index is 12.0. The Bertz CT molecular complexity index is 598. The SMILES string of the molecule is COc1ccc(Br)cc1CC(=O)Nc1nc(C)cs1. The van der Waals surface area contributed by atoms with Crippen LogP contribution >= 0.6 is 27.3 Å². The maximum Gasteiger partial charge on any atom is 0.230 e. The standard InChI is InChI=1S/C13H13BrN2O2S/c1-8-7-19-13(15-8)16-12(17)6-9-5-10(14)3-4-11(9)18-2/h3-5,7H,6H2,1-2H3,(H,15,16,17). The van der Waals surface area contributed by atoms with Gasteiger partial charge in [-0.25, -0.2) is 4.98 Å². The van der Waals surface area contributed by atoms with Gasteiger partial charge in [-0.1, -0.05) is 15.9 Å². The lowest BCUT2D eigenvalue weighted by atomic mass is 10.1. The van der Waals surface area contributed by atoms with Crippen molar-refractivity contribution in [3.05, 3.63) is 39.3 Å². The lowest BCUT2D eigenvalue weighted by molar-refractivity contribution is -0.115. The Labute approximate surface area is 124 Å². The molecule has 0 bridgehead atoms. The summed E-state index contributed by atoms with van der Waals surface area (Å²) in [5.41, 5.74) is 1.74. The molecule has 4 nitrogen and oxygen atoms in total. The number of benzene rings is 1. The molecule has 0 aliphatic rings. The number of thiazole rings is 1. The highest BCUT2D eigenvalue weighted by Crippen LogP contribution is 2.24. The number of aromatic nitrogens is 1. The van der Waals surface area contributed by atoms with E-state index in [9.17, 15) is 4.79 Å². The molecule has 0 saturated heterocycles. The molecule has 2 rings (SSSR count). The van der Waals surface area contributed by atoms with Crippen molar-refractivity contribution in [3.8, 4) is 5.75 Å². The largest absolute Gasteiger partial charge is 0.496 e. The fourth-order valence-electron chi connectivity index (χ4n) is 1.63. The number of ether oxygens (including phenoxy) is 1. The monoisotopic (exact) mass is 340 g/mol. The van der Waals surface area contributed by atoms with Crippen molar-refractivity contribution in [2.45, 2.75) is 13.3 Å². The summed E-state index contributed by atoms with van der Waals surface area (Å²) in [6.45, 7) is 1.89. The third-order valence-electron chi connectivity index (χ3n) is 2.46. The molecule has 6 heteroatoms. The summed E-state index contributed by atoms with van der Waals surface area (Å²) in [6, 6.07) is 5.59. The molecule has 19 heavy (non-hydrogen) atoms. The Hall–Kier alpha value is -1.40. The second-order valence-corrected chi connectivity index (χ2v) is 5.75. The molecule has 0 spiro atoms. The normalized spacial score (nSPS) is 10.3. The second-order valence-electron chi connectivity index (χ2n) is 3.98. The van der Waals surface area contributed by atoms with Gasteiger partial charge in [0.05, 0.1) is 19.2 Å². The van der Waals surface area contributed by atoms with E-state index in [4.69, 9.17) is 4.74 Å². The van der Waals surface area contributed by atoms with Crippen LogP contribution < -0.4 is 10.1 Å². The van der Waals surface area contributed by atoms with Gasteiger partial charge in [-0.2, -0.15) is 0 Å². The van der Waals surface area contributed by atoms with Crippen LogP contribution in [-0.2, 0) is 11.2 Å². The van der Waals surface area contributed by atoms with Crippen LogP contribution in [0.4, 0.5) is 5.13 Å². The number of amides is 1. The molecule has 0 radical (unpaired) electrons. The van der Waals surface area contributed by atoms with E-state index in [-0.39, 0.29) is 12.3 Å². The van der Waals surface area contributed by atoms with E-state index in [1.165, 1.54) is 11.3 Å². The molecule has 0 fully saturated rings. The van der Waals surface area contributed by atoms with E-state index < -0.39 is 0 Å². The summed E-state index contributed by atoms with van der Waals surface area (Å²) in [4.78, 5) is 16.2. The van der Waals surface area contributed by atoms with E-state index in [0.29, 0.717) is 10.9 Å². The number of aryl methyl sites for hydroxylation is 1. The van der Waals surface area contributed by atoms with Crippen LogP contribution in [0.2, 0.25) is 0 Å². The molecule has 0 saturated carbocycles. The molecule has 0 atom stereocenters. The molecule has 0 aliphatic heterocycles. The number of hydrogen-bond acceptors (Lipinski definition) is 4. The Morgan fingerprint density at radius 3 is 2.95 bits per heavy atom. The topological polar surface area (TPSA) is 51.2 Å².